The number of aromatic nitrogens is 3. The molecule has 0 fully saturated rings. The van der Waals surface area contributed by atoms with Gasteiger partial charge in [-0.05, 0) is 56.3 Å². The Bertz CT molecular complexity index is 1200. The van der Waals surface area contributed by atoms with E-state index in [2.05, 4.69) is 15.5 Å². The van der Waals surface area contributed by atoms with Gasteiger partial charge in [0.2, 0.25) is 5.91 Å². The zero-order valence-corrected chi connectivity index (χ0v) is 19.3. The minimum atomic E-state index is -0.381. The number of rotatable bonds is 7. The number of hydrogen-bond acceptors (Lipinski definition) is 6. The number of carbonyl (C=O) groups excluding carboxylic acids is 1. The molecule has 2 aromatic carbocycles. The largest absolute Gasteiger partial charge is 0.469 e. The number of para-hydroxylation sites is 1. The molecule has 7 nitrogen and oxygen atoms in total. The van der Waals surface area contributed by atoms with Crippen molar-refractivity contribution >= 4 is 29.0 Å². The summed E-state index contributed by atoms with van der Waals surface area (Å²) < 4.78 is 7.43. The first-order valence-electron chi connectivity index (χ1n) is 10.2. The third-order valence-corrected chi connectivity index (χ3v) is 6.09. The fraction of sp³-hybridized carbons (Fsp3) is 0.208. The van der Waals surface area contributed by atoms with E-state index in [1.807, 2.05) is 98.1 Å². The van der Waals surface area contributed by atoms with Crippen molar-refractivity contribution in [2.75, 3.05) is 24.3 Å². The van der Waals surface area contributed by atoms with Gasteiger partial charge in [0.1, 0.15) is 5.76 Å². The number of anilines is 2. The van der Waals surface area contributed by atoms with E-state index in [0.717, 1.165) is 28.4 Å². The van der Waals surface area contributed by atoms with Crippen molar-refractivity contribution < 1.29 is 9.21 Å². The summed E-state index contributed by atoms with van der Waals surface area (Å²) >= 11 is 1.36. The van der Waals surface area contributed by atoms with Crippen molar-refractivity contribution in [1.29, 1.82) is 0 Å². The smallest absolute Gasteiger partial charge is 0.237 e. The Kier molecular flexibility index (Phi) is 6.32. The highest BCUT2D eigenvalue weighted by atomic mass is 32.2. The lowest BCUT2D eigenvalue weighted by molar-refractivity contribution is -0.115. The fourth-order valence-corrected chi connectivity index (χ4v) is 4.11. The van der Waals surface area contributed by atoms with Gasteiger partial charge < -0.3 is 14.6 Å². The first-order chi connectivity index (χ1) is 15.4. The lowest BCUT2D eigenvalue weighted by Gasteiger charge is -2.15. The highest BCUT2D eigenvalue weighted by Crippen LogP contribution is 2.32. The van der Waals surface area contributed by atoms with Crippen LogP contribution < -0.4 is 10.2 Å². The zero-order chi connectivity index (χ0) is 22.7. The molecule has 2 heterocycles. The van der Waals surface area contributed by atoms with E-state index in [9.17, 15) is 4.79 Å². The van der Waals surface area contributed by atoms with Crippen LogP contribution in [0.2, 0.25) is 0 Å². The molecule has 1 atom stereocenters. The first kappa shape index (κ1) is 21.7. The van der Waals surface area contributed by atoms with E-state index >= 15 is 0 Å². The topological polar surface area (TPSA) is 76.2 Å². The highest BCUT2D eigenvalue weighted by Gasteiger charge is 2.23. The maximum Gasteiger partial charge on any atom is 0.237 e. The maximum absolute atomic E-state index is 12.9. The van der Waals surface area contributed by atoms with Gasteiger partial charge in [0.15, 0.2) is 11.0 Å². The van der Waals surface area contributed by atoms with Crippen LogP contribution in [-0.2, 0) is 4.79 Å². The van der Waals surface area contributed by atoms with Gasteiger partial charge in [-0.3, -0.25) is 9.36 Å². The van der Waals surface area contributed by atoms with Crippen molar-refractivity contribution in [3.05, 3.63) is 72.7 Å². The summed E-state index contributed by atoms with van der Waals surface area (Å²) in [5.74, 6) is 1.34. The molecule has 1 amide bonds. The molecule has 32 heavy (non-hydrogen) atoms. The van der Waals surface area contributed by atoms with Crippen LogP contribution in [0.5, 0.6) is 0 Å². The van der Waals surface area contributed by atoms with Crippen LogP contribution in [-0.4, -0.2) is 40.0 Å². The van der Waals surface area contributed by atoms with Gasteiger partial charge in [0.05, 0.1) is 17.1 Å². The van der Waals surface area contributed by atoms with Crippen molar-refractivity contribution in [3.63, 3.8) is 0 Å². The molecule has 8 heteroatoms. The number of amides is 1. The number of carbonyl (C=O) groups is 1. The number of hydrogen-bond donors (Lipinski definition) is 1. The van der Waals surface area contributed by atoms with Crippen molar-refractivity contribution in [1.82, 2.24) is 14.8 Å². The van der Waals surface area contributed by atoms with E-state index in [0.29, 0.717) is 11.0 Å². The third-order valence-electron chi connectivity index (χ3n) is 5.05. The quantitative estimate of drug-likeness (QED) is 0.401. The molecule has 0 saturated carbocycles. The standard InChI is InChI=1S/C24H25N5O2S/c1-16-21(14-15-31-16)22-26-27-24(29(22)20-8-6-5-7-9-20)32-17(2)23(30)25-18-10-12-19(13-11-18)28(3)4/h5-15,17H,1-4H3,(H,25,30). The Morgan fingerprint density at radius 3 is 2.41 bits per heavy atom. The average Bonchev–Trinajstić information content (AvgIpc) is 3.40. The summed E-state index contributed by atoms with van der Waals surface area (Å²) in [7, 11) is 3.96. The summed E-state index contributed by atoms with van der Waals surface area (Å²) in [5, 5.41) is 12.0. The summed E-state index contributed by atoms with van der Waals surface area (Å²) in [6, 6.07) is 19.5. The Morgan fingerprint density at radius 1 is 1.06 bits per heavy atom. The molecular weight excluding hydrogens is 422 g/mol. The molecule has 0 aliphatic rings. The lowest BCUT2D eigenvalue weighted by Crippen LogP contribution is -2.23. The predicted octanol–water partition coefficient (Wildman–Crippen LogP) is 5.02. The number of nitrogens with one attached hydrogen (secondary N) is 1. The molecule has 0 radical (unpaired) electrons. The zero-order valence-electron chi connectivity index (χ0n) is 18.4. The number of benzene rings is 2. The molecular formula is C24H25N5O2S. The van der Waals surface area contributed by atoms with Crippen molar-refractivity contribution in [2.45, 2.75) is 24.3 Å². The van der Waals surface area contributed by atoms with E-state index in [1.54, 1.807) is 6.26 Å². The maximum atomic E-state index is 12.9. The number of aryl methyl sites for hydroxylation is 1. The van der Waals surface area contributed by atoms with Crippen LogP contribution in [0.15, 0.2) is 76.5 Å². The lowest BCUT2D eigenvalue weighted by atomic mass is 10.2. The molecule has 0 bridgehead atoms. The molecule has 1 N–H and O–H groups in total. The van der Waals surface area contributed by atoms with Gasteiger partial charge in [0, 0.05) is 31.2 Å². The van der Waals surface area contributed by atoms with E-state index in [4.69, 9.17) is 4.42 Å². The normalized spacial score (nSPS) is 11.9. The monoisotopic (exact) mass is 447 g/mol. The van der Waals surface area contributed by atoms with Gasteiger partial charge >= 0.3 is 0 Å². The number of furan rings is 1. The second kappa shape index (κ2) is 9.32. The predicted molar refractivity (Wildman–Crippen MR) is 129 cm³/mol. The summed E-state index contributed by atoms with van der Waals surface area (Å²) in [6.45, 7) is 3.75. The van der Waals surface area contributed by atoms with Crippen LogP contribution in [0.3, 0.4) is 0 Å². The van der Waals surface area contributed by atoms with Crippen molar-refractivity contribution in [2.24, 2.45) is 0 Å². The summed E-state index contributed by atoms with van der Waals surface area (Å²) in [6.07, 6.45) is 1.64. The van der Waals surface area contributed by atoms with Crippen LogP contribution in [0.1, 0.15) is 12.7 Å². The average molecular weight is 448 g/mol. The van der Waals surface area contributed by atoms with E-state index in [-0.39, 0.29) is 11.2 Å². The Hall–Kier alpha value is -3.52. The molecule has 0 spiro atoms. The molecule has 1 unspecified atom stereocenters. The molecule has 4 aromatic rings. The van der Waals surface area contributed by atoms with Gasteiger partial charge in [0.25, 0.3) is 0 Å². The second-order valence-corrected chi connectivity index (χ2v) is 8.87. The fourth-order valence-electron chi connectivity index (χ4n) is 3.25. The summed E-state index contributed by atoms with van der Waals surface area (Å²) in [4.78, 5) is 14.9. The molecule has 4 rings (SSSR count). The van der Waals surface area contributed by atoms with E-state index < -0.39 is 0 Å². The first-order valence-corrected chi connectivity index (χ1v) is 11.1. The minimum Gasteiger partial charge on any atom is -0.469 e. The van der Waals surface area contributed by atoms with Crippen LogP contribution in [0.4, 0.5) is 11.4 Å². The van der Waals surface area contributed by atoms with E-state index in [1.165, 1.54) is 11.8 Å². The van der Waals surface area contributed by atoms with Gasteiger partial charge in [-0.1, -0.05) is 30.0 Å². The minimum absolute atomic E-state index is 0.101. The van der Waals surface area contributed by atoms with Crippen LogP contribution >= 0.6 is 11.8 Å². The van der Waals surface area contributed by atoms with Gasteiger partial charge in [-0.25, -0.2) is 0 Å². The second-order valence-electron chi connectivity index (χ2n) is 7.56. The van der Waals surface area contributed by atoms with Gasteiger partial charge in [-0.2, -0.15) is 0 Å². The Balaban J connectivity index is 1.58. The molecule has 0 aliphatic carbocycles. The Morgan fingerprint density at radius 2 is 1.78 bits per heavy atom. The van der Waals surface area contributed by atoms with Crippen LogP contribution in [0.25, 0.3) is 17.1 Å². The number of thioether (sulfide) groups is 1. The molecule has 0 aliphatic heterocycles. The highest BCUT2D eigenvalue weighted by molar-refractivity contribution is 8.00. The SMILES string of the molecule is Cc1occc1-c1nnc(SC(C)C(=O)Nc2ccc(N(C)C)cc2)n1-c1ccccc1. The third kappa shape index (κ3) is 4.55. The molecule has 0 saturated heterocycles. The molecule has 164 valence electrons. The Labute approximate surface area is 191 Å². The number of nitrogens with zero attached hydrogens (tertiary/aromatic N) is 4. The van der Waals surface area contributed by atoms with Gasteiger partial charge in [-0.15, -0.1) is 10.2 Å². The molecule has 2 aromatic heterocycles. The summed E-state index contributed by atoms with van der Waals surface area (Å²) in [5.41, 5.74) is 3.62. The van der Waals surface area contributed by atoms with Crippen molar-refractivity contribution in [3.8, 4) is 17.1 Å². The van der Waals surface area contributed by atoms with Crippen LogP contribution in [0, 0.1) is 6.92 Å².